The van der Waals surface area contributed by atoms with Crippen molar-refractivity contribution >= 4 is 45.8 Å². The van der Waals surface area contributed by atoms with Gasteiger partial charge >= 0.3 is 0 Å². The Morgan fingerprint density at radius 2 is 2.22 bits per heavy atom. The fraction of sp³-hybridized carbons (Fsp3) is 0.154. The summed E-state index contributed by atoms with van der Waals surface area (Å²) in [6, 6.07) is 5.60. The predicted molar refractivity (Wildman–Crippen MR) is 83.7 cm³/mol. The second-order valence-electron chi connectivity index (χ2n) is 3.96. The smallest absolute Gasteiger partial charge is 0.107 e. The third-order valence-corrected chi connectivity index (χ3v) is 4.12. The zero-order chi connectivity index (χ0) is 13.1. The fourth-order valence-electron chi connectivity index (χ4n) is 1.68. The molecule has 1 heterocycles. The lowest BCUT2D eigenvalue weighted by molar-refractivity contribution is 1.14. The lowest BCUT2D eigenvalue weighted by Gasteiger charge is -2.12. The van der Waals surface area contributed by atoms with Crippen molar-refractivity contribution in [3.8, 4) is 0 Å². The number of anilines is 1. The average molecular weight is 297 g/mol. The highest BCUT2D eigenvalue weighted by Gasteiger charge is 2.09. The number of hydrogen-bond acceptors (Lipinski definition) is 3. The molecule has 0 saturated heterocycles. The summed E-state index contributed by atoms with van der Waals surface area (Å²) in [5.41, 5.74) is 9.84. The number of thiophene rings is 1. The van der Waals surface area contributed by atoms with Crippen LogP contribution in [0.25, 0.3) is 0 Å². The number of aryl methyl sites for hydroxylation is 1. The Kier molecular flexibility index (Phi) is 4.22. The second-order valence-corrected chi connectivity index (χ2v) is 5.55. The average Bonchev–Trinajstić information content (AvgIpc) is 2.71. The molecule has 2 aromatic rings. The van der Waals surface area contributed by atoms with Crippen molar-refractivity contribution in [1.29, 1.82) is 0 Å². The second kappa shape index (κ2) is 5.69. The van der Waals surface area contributed by atoms with Gasteiger partial charge in [-0.25, -0.2) is 0 Å². The van der Waals surface area contributed by atoms with Crippen LogP contribution >= 0.6 is 35.2 Å². The van der Waals surface area contributed by atoms with Crippen LogP contribution in [0.15, 0.2) is 29.0 Å². The van der Waals surface area contributed by atoms with Crippen LogP contribution in [0.1, 0.15) is 16.7 Å². The summed E-state index contributed by atoms with van der Waals surface area (Å²) >= 11 is 12.8. The molecule has 0 amide bonds. The Balaban J connectivity index is 2.22. The molecule has 0 radical (unpaired) electrons. The molecule has 0 spiro atoms. The molecular formula is C13H13ClN2S2. The molecule has 0 fully saturated rings. The van der Waals surface area contributed by atoms with Gasteiger partial charge in [0.1, 0.15) is 4.99 Å². The van der Waals surface area contributed by atoms with Gasteiger partial charge in [0, 0.05) is 12.2 Å². The third kappa shape index (κ3) is 2.83. The monoisotopic (exact) mass is 296 g/mol. The van der Waals surface area contributed by atoms with Crippen molar-refractivity contribution in [2.75, 3.05) is 5.32 Å². The lowest BCUT2D eigenvalue weighted by Crippen LogP contribution is -2.14. The molecule has 0 aliphatic carbocycles. The first-order valence-electron chi connectivity index (χ1n) is 5.43. The van der Waals surface area contributed by atoms with E-state index in [0.717, 1.165) is 12.2 Å². The van der Waals surface area contributed by atoms with Crippen molar-refractivity contribution in [1.82, 2.24) is 0 Å². The predicted octanol–water partition coefficient (Wildman–Crippen LogP) is 3.96. The van der Waals surface area contributed by atoms with Crippen molar-refractivity contribution < 1.29 is 0 Å². The van der Waals surface area contributed by atoms with E-state index in [-0.39, 0.29) is 0 Å². The number of nitrogens with two attached hydrogens (primary N) is 1. The molecule has 1 aromatic heterocycles. The van der Waals surface area contributed by atoms with E-state index in [9.17, 15) is 0 Å². The van der Waals surface area contributed by atoms with Crippen molar-refractivity contribution in [3.05, 3.63) is 50.7 Å². The van der Waals surface area contributed by atoms with Crippen LogP contribution in [0, 0.1) is 6.92 Å². The van der Waals surface area contributed by atoms with E-state index < -0.39 is 0 Å². The van der Waals surface area contributed by atoms with E-state index in [1.54, 1.807) is 17.4 Å². The molecule has 0 aliphatic heterocycles. The summed E-state index contributed by atoms with van der Waals surface area (Å²) < 4.78 is 0. The van der Waals surface area contributed by atoms with E-state index in [1.807, 2.05) is 12.1 Å². The first kappa shape index (κ1) is 13.3. The summed E-state index contributed by atoms with van der Waals surface area (Å²) in [7, 11) is 0. The quantitative estimate of drug-likeness (QED) is 0.839. The van der Waals surface area contributed by atoms with Crippen LogP contribution in [-0.2, 0) is 6.54 Å². The maximum absolute atomic E-state index is 6.11. The highest BCUT2D eigenvalue weighted by molar-refractivity contribution is 7.80. The summed E-state index contributed by atoms with van der Waals surface area (Å²) in [5, 5.41) is 8.17. The Labute approximate surface area is 121 Å². The third-order valence-electron chi connectivity index (χ3n) is 2.69. The number of halogens is 1. The van der Waals surface area contributed by atoms with Gasteiger partial charge in [0.2, 0.25) is 0 Å². The van der Waals surface area contributed by atoms with Gasteiger partial charge in [-0.1, -0.05) is 29.9 Å². The van der Waals surface area contributed by atoms with Gasteiger partial charge < -0.3 is 11.1 Å². The largest absolute Gasteiger partial charge is 0.389 e. The minimum Gasteiger partial charge on any atom is -0.389 e. The number of nitrogens with one attached hydrogen (secondary N) is 1. The van der Waals surface area contributed by atoms with E-state index in [1.165, 1.54) is 11.1 Å². The fourth-order valence-corrected chi connectivity index (χ4v) is 3.09. The minimum atomic E-state index is 0.310. The molecule has 94 valence electrons. The number of rotatable bonds is 4. The highest BCUT2D eigenvalue weighted by Crippen LogP contribution is 2.25. The molecule has 0 atom stereocenters. The van der Waals surface area contributed by atoms with Gasteiger partial charge in [0.25, 0.3) is 0 Å². The molecule has 0 aliphatic rings. The van der Waals surface area contributed by atoms with Crippen molar-refractivity contribution in [3.63, 3.8) is 0 Å². The van der Waals surface area contributed by atoms with Gasteiger partial charge in [-0.15, -0.1) is 0 Å². The molecule has 3 N–H and O–H groups in total. The van der Waals surface area contributed by atoms with Gasteiger partial charge in [0.15, 0.2) is 0 Å². The van der Waals surface area contributed by atoms with Gasteiger partial charge in [0.05, 0.1) is 10.6 Å². The first-order valence-corrected chi connectivity index (χ1v) is 7.16. The summed E-state index contributed by atoms with van der Waals surface area (Å²) in [6.45, 7) is 2.84. The molecule has 18 heavy (non-hydrogen) atoms. The molecule has 0 bridgehead atoms. The van der Waals surface area contributed by atoms with Crippen LogP contribution < -0.4 is 11.1 Å². The summed E-state index contributed by atoms with van der Waals surface area (Å²) in [4.78, 5) is 0.310. The maximum Gasteiger partial charge on any atom is 0.107 e. The first-order chi connectivity index (χ1) is 8.59. The Hall–Kier alpha value is -1.10. The molecule has 2 rings (SSSR count). The minimum absolute atomic E-state index is 0.310. The molecule has 2 nitrogen and oxygen atoms in total. The maximum atomic E-state index is 6.11. The molecule has 5 heteroatoms. The number of thiocarbonyl (C=S) groups is 1. The van der Waals surface area contributed by atoms with Crippen molar-refractivity contribution in [2.45, 2.75) is 13.5 Å². The van der Waals surface area contributed by atoms with Gasteiger partial charge in [-0.05, 0) is 40.9 Å². The molecule has 0 unspecified atom stereocenters. The van der Waals surface area contributed by atoms with Crippen molar-refractivity contribution in [2.24, 2.45) is 5.73 Å². The lowest BCUT2D eigenvalue weighted by atomic mass is 10.1. The molecule has 0 saturated carbocycles. The van der Waals surface area contributed by atoms with Crippen LogP contribution in [0.3, 0.4) is 0 Å². The van der Waals surface area contributed by atoms with E-state index in [4.69, 9.17) is 29.6 Å². The van der Waals surface area contributed by atoms with E-state index >= 15 is 0 Å². The van der Waals surface area contributed by atoms with Crippen LogP contribution in [0.2, 0.25) is 5.02 Å². The standard InChI is InChI=1S/C13H13ClN2S2/c1-8-6-18-7-9(8)5-16-11-4-2-3-10(14)12(11)13(15)17/h2-4,6-7,16H,5H2,1H3,(H2,15,17). The van der Waals surface area contributed by atoms with E-state index in [0.29, 0.717) is 15.6 Å². The Morgan fingerprint density at radius 1 is 1.44 bits per heavy atom. The van der Waals surface area contributed by atoms with Crippen LogP contribution in [-0.4, -0.2) is 4.99 Å². The molecular weight excluding hydrogens is 284 g/mol. The SMILES string of the molecule is Cc1cscc1CNc1cccc(Cl)c1C(N)=S. The highest BCUT2D eigenvalue weighted by atomic mass is 35.5. The number of hydrogen-bond donors (Lipinski definition) is 2. The van der Waals surface area contributed by atoms with Crippen LogP contribution in [0.4, 0.5) is 5.69 Å². The Bertz CT molecular complexity index is 578. The van der Waals surface area contributed by atoms with Crippen LogP contribution in [0.5, 0.6) is 0 Å². The zero-order valence-electron chi connectivity index (χ0n) is 9.87. The Morgan fingerprint density at radius 3 is 2.83 bits per heavy atom. The van der Waals surface area contributed by atoms with E-state index in [2.05, 4.69) is 23.0 Å². The van der Waals surface area contributed by atoms with Gasteiger partial charge in [-0.3, -0.25) is 0 Å². The molecule has 1 aromatic carbocycles. The summed E-state index contributed by atoms with van der Waals surface area (Å²) in [5.74, 6) is 0. The topological polar surface area (TPSA) is 38.0 Å². The van der Waals surface area contributed by atoms with Gasteiger partial charge in [-0.2, -0.15) is 11.3 Å². The number of benzene rings is 1. The zero-order valence-corrected chi connectivity index (χ0v) is 12.3. The summed E-state index contributed by atoms with van der Waals surface area (Å²) in [6.07, 6.45) is 0. The normalized spacial score (nSPS) is 10.3.